The number of guanidine groups is 1. The molecule has 1 saturated heterocycles. The van der Waals surface area contributed by atoms with E-state index in [1.807, 2.05) is 13.8 Å². The zero-order chi connectivity index (χ0) is 17.2. The van der Waals surface area contributed by atoms with Crippen LogP contribution in [-0.4, -0.2) is 68.1 Å². The standard InChI is InChI=1S/C15H32N4O2S/c1-8-18(9-2)22(20,21)11-10-17-13(16-7)19-12-14(3,4)15(19,5)6/h8-12H2,1-7H3,(H,16,17). The van der Waals surface area contributed by atoms with E-state index < -0.39 is 10.0 Å². The number of sulfonamides is 1. The first-order valence-electron chi connectivity index (χ1n) is 7.99. The quantitative estimate of drug-likeness (QED) is 0.589. The lowest BCUT2D eigenvalue weighted by atomic mass is 9.65. The van der Waals surface area contributed by atoms with Crippen molar-refractivity contribution in [1.29, 1.82) is 0 Å². The molecule has 1 aliphatic heterocycles. The molecule has 0 aromatic rings. The van der Waals surface area contributed by atoms with Gasteiger partial charge >= 0.3 is 0 Å². The van der Waals surface area contributed by atoms with Crippen LogP contribution in [0.15, 0.2) is 4.99 Å². The van der Waals surface area contributed by atoms with E-state index >= 15 is 0 Å². The normalized spacial score (nSPS) is 20.9. The summed E-state index contributed by atoms with van der Waals surface area (Å²) in [5.74, 6) is 0.866. The highest BCUT2D eigenvalue weighted by Crippen LogP contribution is 2.46. The number of likely N-dealkylation sites (tertiary alicyclic amines) is 1. The maximum absolute atomic E-state index is 12.2. The molecule has 1 N–H and O–H groups in total. The van der Waals surface area contributed by atoms with E-state index in [-0.39, 0.29) is 16.7 Å². The van der Waals surface area contributed by atoms with E-state index in [1.165, 1.54) is 4.31 Å². The van der Waals surface area contributed by atoms with E-state index in [0.29, 0.717) is 19.6 Å². The Hall–Kier alpha value is -0.820. The summed E-state index contributed by atoms with van der Waals surface area (Å²) in [5, 5.41) is 3.19. The van der Waals surface area contributed by atoms with Gasteiger partial charge in [-0.1, -0.05) is 27.7 Å². The van der Waals surface area contributed by atoms with E-state index in [4.69, 9.17) is 0 Å². The predicted molar refractivity (Wildman–Crippen MR) is 92.6 cm³/mol. The lowest BCUT2D eigenvalue weighted by Crippen LogP contribution is -2.72. The summed E-state index contributed by atoms with van der Waals surface area (Å²) in [5.41, 5.74) is 0.227. The van der Waals surface area contributed by atoms with Crippen molar-refractivity contribution in [2.45, 2.75) is 47.1 Å². The number of hydrogen-bond donors (Lipinski definition) is 1. The highest BCUT2D eigenvalue weighted by Gasteiger charge is 2.53. The van der Waals surface area contributed by atoms with Crippen LogP contribution in [0.25, 0.3) is 0 Å². The number of aliphatic imine (C=N–C) groups is 1. The van der Waals surface area contributed by atoms with Gasteiger partial charge in [-0.3, -0.25) is 4.99 Å². The lowest BCUT2D eigenvalue weighted by molar-refractivity contribution is -0.0666. The molecule has 130 valence electrons. The van der Waals surface area contributed by atoms with Crippen LogP contribution in [0.5, 0.6) is 0 Å². The van der Waals surface area contributed by atoms with Gasteiger partial charge < -0.3 is 10.2 Å². The molecule has 0 unspecified atom stereocenters. The molecule has 0 radical (unpaired) electrons. The van der Waals surface area contributed by atoms with Gasteiger partial charge in [-0.05, 0) is 13.8 Å². The van der Waals surface area contributed by atoms with Gasteiger partial charge in [0.1, 0.15) is 0 Å². The molecule has 0 aromatic heterocycles. The third kappa shape index (κ3) is 3.56. The molecular weight excluding hydrogens is 300 g/mol. The van der Waals surface area contributed by atoms with Gasteiger partial charge in [0, 0.05) is 44.2 Å². The lowest BCUT2D eigenvalue weighted by Gasteiger charge is -2.62. The van der Waals surface area contributed by atoms with Crippen LogP contribution >= 0.6 is 0 Å². The minimum atomic E-state index is -3.20. The molecule has 0 aromatic carbocycles. The zero-order valence-corrected chi connectivity index (χ0v) is 15.9. The number of nitrogens with one attached hydrogen (secondary N) is 1. The number of rotatable bonds is 6. The molecule has 0 atom stereocenters. The van der Waals surface area contributed by atoms with Crippen molar-refractivity contribution in [2.75, 3.05) is 39.0 Å². The van der Waals surface area contributed by atoms with Crippen molar-refractivity contribution in [2.24, 2.45) is 10.4 Å². The van der Waals surface area contributed by atoms with Crippen LogP contribution in [0.3, 0.4) is 0 Å². The minimum absolute atomic E-state index is 0.00654. The smallest absolute Gasteiger partial charge is 0.215 e. The summed E-state index contributed by atoms with van der Waals surface area (Å²) in [7, 11) is -1.46. The second-order valence-corrected chi connectivity index (χ2v) is 8.99. The van der Waals surface area contributed by atoms with Gasteiger partial charge in [-0.25, -0.2) is 12.7 Å². The Morgan fingerprint density at radius 1 is 1.23 bits per heavy atom. The molecule has 0 spiro atoms. The maximum atomic E-state index is 12.2. The van der Waals surface area contributed by atoms with Crippen LogP contribution in [0.2, 0.25) is 0 Å². The summed E-state index contributed by atoms with van der Waals surface area (Å²) < 4.78 is 25.9. The van der Waals surface area contributed by atoms with Crippen LogP contribution < -0.4 is 5.32 Å². The van der Waals surface area contributed by atoms with Crippen LogP contribution in [-0.2, 0) is 10.0 Å². The molecular formula is C15H32N4O2S. The van der Waals surface area contributed by atoms with Gasteiger partial charge in [-0.15, -0.1) is 0 Å². The third-order valence-corrected chi connectivity index (χ3v) is 7.12. The summed E-state index contributed by atoms with van der Waals surface area (Å²) in [6, 6.07) is 0. The van der Waals surface area contributed by atoms with E-state index in [0.717, 1.165) is 12.5 Å². The SMILES string of the molecule is CCN(CC)S(=O)(=O)CCNC(=NC)N1CC(C)(C)C1(C)C. The Kier molecular flexibility index (Phi) is 5.89. The van der Waals surface area contributed by atoms with Crippen LogP contribution in [0.4, 0.5) is 0 Å². The van der Waals surface area contributed by atoms with E-state index in [2.05, 4.69) is 42.9 Å². The summed E-state index contributed by atoms with van der Waals surface area (Å²) in [4.78, 5) is 6.50. The average molecular weight is 333 g/mol. The Morgan fingerprint density at radius 3 is 2.14 bits per heavy atom. The number of nitrogens with zero attached hydrogens (tertiary/aromatic N) is 3. The highest BCUT2D eigenvalue weighted by molar-refractivity contribution is 7.89. The fraction of sp³-hybridized carbons (Fsp3) is 0.933. The minimum Gasteiger partial charge on any atom is -0.355 e. The molecule has 1 fully saturated rings. The van der Waals surface area contributed by atoms with Gasteiger partial charge in [0.15, 0.2) is 5.96 Å². The first kappa shape index (κ1) is 19.2. The van der Waals surface area contributed by atoms with Crippen molar-refractivity contribution in [3.63, 3.8) is 0 Å². The zero-order valence-electron chi connectivity index (χ0n) is 15.1. The first-order chi connectivity index (χ1) is 10.0. The molecule has 0 bridgehead atoms. The Labute approximate surface area is 136 Å². The summed E-state index contributed by atoms with van der Waals surface area (Å²) in [6.07, 6.45) is 0. The van der Waals surface area contributed by atoms with Crippen molar-refractivity contribution < 1.29 is 8.42 Å². The Bertz CT molecular complexity index is 508. The van der Waals surface area contributed by atoms with Crippen molar-refractivity contribution in [1.82, 2.24) is 14.5 Å². The molecule has 7 heteroatoms. The molecule has 0 aliphatic carbocycles. The fourth-order valence-corrected chi connectivity index (χ4v) is 4.14. The Balaban J connectivity index is 2.61. The van der Waals surface area contributed by atoms with Crippen LogP contribution in [0, 0.1) is 5.41 Å². The van der Waals surface area contributed by atoms with Gasteiger partial charge in [0.25, 0.3) is 0 Å². The second kappa shape index (κ2) is 6.74. The maximum Gasteiger partial charge on any atom is 0.215 e. The number of hydrogen-bond acceptors (Lipinski definition) is 3. The highest BCUT2D eigenvalue weighted by atomic mass is 32.2. The second-order valence-electron chi connectivity index (χ2n) is 6.90. The molecule has 6 nitrogen and oxygen atoms in total. The molecule has 1 rings (SSSR count). The van der Waals surface area contributed by atoms with Crippen molar-refractivity contribution in [3.05, 3.63) is 0 Å². The predicted octanol–water partition coefficient (Wildman–Crippen LogP) is 1.35. The molecule has 1 aliphatic rings. The molecule has 22 heavy (non-hydrogen) atoms. The molecule has 1 heterocycles. The topological polar surface area (TPSA) is 65.0 Å². The molecule has 0 saturated carbocycles. The van der Waals surface area contributed by atoms with Crippen molar-refractivity contribution >= 4 is 16.0 Å². The van der Waals surface area contributed by atoms with Gasteiger partial charge in [0.2, 0.25) is 10.0 Å². The monoisotopic (exact) mass is 332 g/mol. The van der Waals surface area contributed by atoms with E-state index in [9.17, 15) is 8.42 Å². The first-order valence-corrected chi connectivity index (χ1v) is 9.60. The Morgan fingerprint density at radius 2 is 1.77 bits per heavy atom. The van der Waals surface area contributed by atoms with Crippen LogP contribution in [0.1, 0.15) is 41.5 Å². The largest absolute Gasteiger partial charge is 0.355 e. The van der Waals surface area contributed by atoms with Gasteiger partial charge in [0.05, 0.1) is 5.75 Å². The third-order valence-electron chi connectivity index (χ3n) is 5.09. The van der Waals surface area contributed by atoms with Crippen molar-refractivity contribution in [3.8, 4) is 0 Å². The van der Waals surface area contributed by atoms with E-state index in [1.54, 1.807) is 7.05 Å². The average Bonchev–Trinajstić information content (AvgIpc) is 2.42. The summed E-state index contributed by atoms with van der Waals surface area (Å²) >= 11 is 0. The van der Waals surface area contributed by atoms with Gasteiger partial charge in [-0.2, -0.15) is 0 Å². The molecule has 0 amide bonds. The summed E-state index contributed by atoms with van der Waals surface area (Å²) in [6.45, 7) is 14.9. The fourth-order valence-electron chi connectivity index (χ4n) is 2.73.